The van der Waals surface area contributed by atoms with Crippen molar-refractivity contribution in [2.75, 3.05) is 39.3 Å². The van der Waals surface area contributed by atoms with Gasteiger partial charge in [-0.2, -0.15) is 0 Å². The van der Waals surface area contributed by atoms with Gasteiger partial charge in [-0.05, 0) is 65.3 Å². The number of amides is 1. The van der Waals surface area contributed by atoms with Crippen molar-refractivity contribution < 1.29 is 4.79 Å². The average Bonchev–Trinajstić information content (AvgIpc) is 3.38. The van der Waals surface area contributed by atoms with Gasteiger partial charge < -0.3 is 15.5 Å². The Labute approximate surface area is 177 Å². The molecule has 1 amide bonds. The van der Waals surface area contributed by atoms with Crippen LogP contribution in [0.25, 0.3) is 0 Å². The number of carbonyl (C=O) groups excluding carboxylic acids is 1. The van der Waals surface area contributed by atoms with Gasteiger partial charge in [0, 0.05) is 43.7 Å². The molecule has 1 saturated carbocycles. The molecule has 3 rings (SSSR count). The second-order valence-corrected chi connectivity index (χ2v) is 10.1. The highest BCUT2D eigenvalue weighted by atomic mass is 16.2. The lowest BCUT2D eigenvalue weighted by molar-refractivity contribution is -0.134. The molecule has 1 aliphatic carbocycles. The van der Waals surface area contributed by atoms with Crippen LogP contribution in [0.2, 0.25) is 0 Å². The number of carbonyl (C=O) groups is 1. The van der Waals surface area contributed by atoms with E-state index >= 15 is 0 Å². The Bertz CT molecular complexity index is 570. The van der Waals surface area contributed by atoms with Crippen LogP contribution in [0, 0.1) is 11.8 Å². The van der Waals surface area contributed by atoms with E-state index in [1.165, 1.54) is 38.8 Å². The highest BCUT2D eigenvalue weighted by Crippen LogP contribution is 2.28. The zero-order chi connectivity index (χ0) is 20.9. The van der Waals surface area contributed by atoms with Crippen LogP contribution < -0.4 is 10.6 Å². The highest BCUT2D eigenvalue weighted by Gasteiger charge is 2.33. The predicted octanol–water partition coefficient (Wildman–Crippen LogP) is 2.84. The molecule has 0 radical (unpaired) electrons. The number of piperidine rings is 1. The van der Waals surface area contributed by atoms with E-state index in [-0.39, 0.29) is 11.5 Å². The third kappa shape index (κ3) is 6.09. The van der Waals surface area contributed by atoms with Crippen molar-refractivity contribution in [2.45, 2.75) is 84.2 Å². The average molecular weight is 406 g/mol. The summed E-state index contributed by atoms with van der Waals surface area (Å²) in [6, 6.07) is 0.302. The van der Waals surface area contributed by atoms with Crippen molar-refractivity contribution in [1.82, 2.24) is 20.4 Å². The van der Waals surface area contributed by atoms with Gasteiger partial charge in [-0.1, -0.05) is 19.8 Å². The molecule has 3 fully saturated rings. The van der Waals surface area contributed by atoms with Crippen molar-refractivity contribution in [3.05, 3.63) is 0 Å². The van der Waals surface area contributed by atoms with E-state index in [0.29, 0.717) is 11.9 Å². The number of hydrogen-bond acceptors (Lipinski definition) is 3. The predicted molar refractivity (Wildman–Crippen MR) is 120 cm³/mol. The largest absolute Gasteiger partial charge is 0.357 e. The summed E-state index contributed by atoms with van der Waals surface area (Å²) in [5, 5.41) is 7.01. The first-order valence-electron chi connectivity index (χ1n) is 12.0. The van der Waals surface area contributed by atoms with Gasteiger partial charge in [-0.3, -0.25) is 14.7 Å². The third-order valence-electron chi connectivity index (χ3n) is 7.03. The van der Waals surface area contributed by atoms with E-state index in [1.807, 2.05) is 0 Å². The molecular formula is C23H43N5O. The summed E-state index contributed by atoms with van der Waals surface area (Å²) in [5.74, 6) is 2.34. The van der Waals surface area contributed by atoms with Crippen LogP contribution in [0.3, 0.4) is 0 Å². The molecule has 3 aliphatic rings. The maximum Gasteiger partial charge on any atom is 0.225 e. The van der Waals surface area contributed by atoms with Gasteiger partial charge >= 0.3 is 0 Å². The standard InChI is InChI=1S/C23H43N5O/c1-5-24-22(25-17-23(3,4)28-13-8-9-18(2)15-28)26-20-12-14-27(16-20)21(29)19-10-6-7-11-19/h18-20H,5-17H2,1-4H3,(H2,24,25,26). The molecular weight excluding hydrogens is 362 g/mol. The Kier molecular flexibility index (Phi) is 7.83. The van der Waals surface area contributed by atoms with Gasteiger partial charge in [0.2, 0.25) is 5.91 Å². The smallest absolute Gasteiger partial charge is 0.225 e. The Morgan fingerprint density at radius 1 is 1.07 bits per heavy atom. The number of rotatable bonds is 6. The fourth-order valence-corrected chi connectivity index (χ4v) is 5.13. The van der Waals surface area contributed by atoms with Gasteiger partial charge in [-0.25, -0.2) is 0 Å². The molecule has 0 aromatic heterocycles. The zero-order valence-corrected chi connectivity index (χ0v) is 19.2. The van der Waals surface area contributed by atoms with Gasteiger partial charge in [0.15, 0.2) is 5.96 Å². The number of nitrogens with one attached hydrogen (secondary N) is 2. The second-order valence-electron chi connectivity index (χ2n) is 10.1. The van der Waals surface area contributed by atoms with E-state index in [1.54, 1.807) is 0 Å². The minimum atomic E-state index is 0.0666. The van der Waals surface area contributed by atoms with Gasteiger partial charge in [0.05, 0.1) is 6.54 Å². The molecule has 2 atom stereocenters. The van der Waals surface area contributed by atoms with Crippen LogP contribution in [0.1, 0.15) is 72.6 Å². The van der Waals surface area contributed by atoms with Crippen molar-refractivity contribution in [3.8, 4) is 0 Å². The lowest BCUT2D eigenvalue weighted by Gasteiger charge is -2.42. The molecule has 6 heteroatoms. The van der Waals surface area contributed by atoms with Crippen molar-refractivity contribution in [3.63, 3.8) is 0 Å². The first-order valence-corrected chi connectivity index (χ1v) is 12.0. The summed E-state index contributed by atoms with van der Waals surface area (Å²) in [7, 11) is 0. The fraction of sp³-hybridized carbons (Fsp3) is 0.913. The molecule has 0 bridgehead atoms. The van der Waals surface area contributed by atoms with Crippen LogP contribution in [-0.2, 0) is 4.79 Å². The minimum absolute atomic E-state index is 0.0666. The van der Waals surface area contributed by atoms with Crippen molar-refractivity contribution in [2.24, 2.45) is 16.8 Å². The van der Waals surface area contributed by atoms with E-state index in [4.69, 9.17) is 4.99 Å². The summed E-state index contributed by atoms with van der Waals surface area (Å²) < 4.78 is 0. The first kappa shape index (κ1) is 22.4. The Hall–Kier alpha value is -1.30. The van der Waals surface area contributed by atoms with E-state index in [2.05, 4.69) is 48.1 Å². The highest BCUT2D eigenvalue weighted by molar-refractivity contribution is 5.81. The molecule has 2 aliphatic heterocycles. The van der Waals surface area contributed by atoms with Gasteiger partial charge in [0.1, 0.15) is 0 Å². The lowest BCUT2D eigenvalue weighted by atomic mass is 9.94. The molecule has 2 unspecified atom stereocenters. The summed E-state index contributed by atoms with van der Waals surface area (Å²) in [4.78, 5) is 22.3. The molecule has 0 aromatic rings. The van der Waals surface area contributed by atoms with Gasteiger partial charge in [-0.15, -0.1) is 0 Å². The molecule has 0 aromatic carbocycles. The van der Waals surface area contributed by atoms with Crippen LogP contribution in [0.4, 0.5) is 0 Å². The second kappa shape index (κ2) is 10.1. The summed E-state index contributed by atoms with van der Waals surface area (Å²) in [6.45, 7) is 14.8. The van der Waals surface area contributed by atoms with E-state index in [0.717, 1.165) is 57.3 Å². The van der Waals surface area contributed by atoms with E-state index in [9.17, 15) is 4.79 Å². The maximum absolute atomic E-state index is 12.7. The SMILES string of the molecule is CCNC(=NCC(C)(C)N1CCCC(C)C1)NC1CCN(C(=O)C2CCCC2)C1. The minimum Gasteiger partial charge on any atom is -0.357 e. The number of guanidine groups is 1. The number of nitrogens with zero attached hydrogens (tertiary/aromatic N) is 3. The number of aliphatic imine (C=N–C) groups is 1. The molecule has 0 spiro atoms. The van der Waals surface area contributed by atoms with Crippen molar-refractivity contribution in [1.29, 1.82) is 0 Å². The maximum atomic E-state index is 12.7. The molecule has 29 heavy (non-hydrogen) atoms. The Balaban J connectivity index is 1.53. The Morgan fingerprint density at radius 3 is 2.52 bits per heavy atom. The van der Waals surface area contributed by atoms with Crippen molar-refractivity contribution >= 4 is 11.9 Å². The molecule has 2 heterocycles. The summed E-state index contributed by atoms with van der Waals surface area (Å²) >= 11 is 0. The Morgan fingerprint density at radius 2 is 1.83 bits per heavy atom. The van der Waals surface area contributed by atoms with E-state index < -0.39 is 0 Å². The number of likely N-dealkylation sites (tertiary alicyclic amines) is 2. The fourth-order valence-electron chi connectivity index (χ4n) is 5.13. The van der Waals surface area contributed by atoms with Gasteiger partial charge in [0.25, 0.3) is 0 Å². The topological polar surface area (TPSA) is 60.0 Å². The first-order chi connectivity index (χ1) is 13.9. The third-order valence-corrected chi connectivity index (χ3v) is 7.03. The molecule has 166 valence electrons. The quantitative estimate of drug-likeness (QED) is 0.527. The molecule has 6 nitrogen and oxygen atoms in total. The monoisotopic (exact) mass is 405 g/mol. The molecule has 2 N–H and O–H groups in total. The van der Waals surface area contributed by atoms with Crippen LogP contribution in [-0.4, -0.2) is 72.5 Å². The molecule has 2 saturated heterocycles. The van der Waals surface area contributed by atoms with Crippen LogP contribution in [0.15, 0.2) is 4.99 Å². The summed E-state index contributed by atoms with van der Waals surface area (Å²) in [5.41, 5.74) is 0.0666. The number of hydrogen-bond donors (Lipinski definition) is 2. The normalized spacial score (nSPS) is 27.4. The lowest BCUT2D eigenvalue weighted by Crippen LogP contribution is -2.52. The van der Waals surface area contributed by atoms with Crippen LogP contribution >= 0.6 is 0 Å². The zero-order valence-electron chi connectivity index (χ0n) is 19.2. The van der Waals surface area contributed by atoms with Crippen LogP contribution in [0.5, 0.6) is 0 Å². The summed E-state index contributed by atoms with van der Waals surface area (Å²) in [6.07, 6.45) is 8.25.